The molecule has 1 N–H and O–H groups in total. The lowest BCUT2D eigenvalue weighted by atomic mass is 10.2. The highest BCUT2D eigenvalue weighted by Crippen LogP contribution is 2.30. The maximum atomic E-state index is 9.56. The molecule has 4 nitrogen and oxygen atoms in total. The van der Waals surface area contributed by atoms with Crippen molar-refractivity contribution in [1.82, 2.24) is 4.98 Å². The Morgan fingerprint density at radius 2 is 2.06 bits per heavy atom. The predicted molar refractivity (Wildman–Crippen MR) is 63.7 cm³/mol. The van der Waals surface area contributed by atoms with E-state index in [1.807, 2.05) is 0 Å². The lowest BCUT2D eigenvalue weighted by Crippen LogP contribution is -1.90. The molecule has 4 heteroatoms. The van der Waals surface area contributed by atoms with Crippen LogP contribution >= 0.6 is 0 Å². The van der Waals surface area contributed by atoms with Crippen LogP contribution in [0.15, 0.2) is 36.5 Å². The summed E-state index contributed by atoms with van der Waals surface area (Å²) in [7, 11) is 1.55. The summed E-state index contributed by atoms with van der Waals surface area (Å²) < 4.78 is 10.7. The molecule has 1 aromatic heterocycles. The fourth-order valence-corrected chi connectivity index (χ4v) is 1.41. The van der Waals surface area contributed by atoms with Crippen molar-refractivity contribution in [3.8, 4) is 23.1 Å². The Bertz CT molecular complexity index is 526. The lowest BCUT2D eigenvalue weighted by Gasteiger charge is -2.09. The summed E-state index contributed by atoms with van der Waals surface area (Å²) in [5, 5.41) is 9.56. The van der Waals surface area contributed by atoms with Gasteiger partial charge >= 0.3 is 0 Å². The van der Waals surface area contributed by atoms with E-state index in [1.165, 1.54) is 0 Å². The first-order valence-corrected chi connectivity index (χ1v) is 5.17. The van der Waals surface area contributed by atoms with Crippen molar-refractivity contribution in [2.24, 2.45) is 0 Å². The highest BCUT2D eigenvalue weighted by atomic mass is 16.5. The first kappa shape index (κ1) is 11.3. The number of phenols is 1. The Hall–Kier alpha value is -2.23. The normalized spacial score (nSPS) is 10.0. The van der Waals surface area contributed by atoms with Crippen molar-refractivity contribution in [2.75, 3.05) is 7.11 Å². The van der Waals surface area contributed by atoms with Crippen molar-refractivity contribution < 1.29 is 14.6 Å². The minimum absolute atomic E-state index is 0.212. The van der Waals surface area contributed by atoms with Crippen molar-refractivity contribution in [3.63, 3.8) is 0 Å². The second kappa shape index (κ2) is 4.74. The van der Waals surface area contributed by atoms with Crippen LogP contribution in [0.25, 0.3) is 0 Å². The van der Waals surface area contributed by atoms with Crippen LogP contribution in [0.5, 0.6) is 23.1 Å². The molecule has 0 saturated heterocycles. The third-order valence-corrected chi connectivity index (χ3v) is 2.40. The van der Waals surface area contributed by atoms with Gasteiger partial charge in [-0.3, -0.25) is 0 Å². The summed E-state index contributed by atoms with van der Waals surface area (Å²) in [5.74, 6) is 1.92. The van der Waals surface area contributed by atoms with Gasteiger partial charge in [-0.05, 0) is 25.1 Å². The van der Waals surface area contributed by atoms with Crippen LogP contribution in [0.2, 0.25) is 0 Å². The van der Waals surface area contributed by atoms with Gasteiger partial charge in [-0.1, -0.05) is 6.07 Å². The van der Waals surface area contributed by atoms with Crippen molar-refractivity contribution in [3.05, 3.63) is 42.1 Å². The van der Waals surface area contributed by atoms with E-state index in [4.69, 9.17) is 9.47 Å². The molecule has 17 heavy (non-hydrogen) atoms. The molecule has 0 radical (unpaired) electrons. The average molecular weight is 231 g/mol. The number of methoxy groups -OCH3 is 1. The smallest absolute Gasteiger partial charge is 0.216 e. The summed E-state index contributed by atoms with van der Waals surface area (Å²) in [6.07, 6.45) is 1.60. The zero-order valence-corrected chi connectivity index (χ0v) is 9.68. The number of benzene rings is 1. The molecule has 0 aliphatic carbocycles. The summed E-state index contributed by atoms with van der Waals surface area (Å²) in [5.41, 5.74) is 0.697. The number of phenolic OH excluding ortho intramolecular Hbond substituents is 1. The maximum absolute atomic E-state index is 9.56. The molecule has 0 bridgehead atoms. The monoisotopic (exact) mass is 231 g/mol. The Balaban J connectivity index is 2.28. The molecule has 1 aromatic carbocycles. The lowest BCUT2D eigenvalue weighted by molar-refractivity contribution is 0.391. The summed E-state index contributed by atoms with van der Waals surface area (Å²) in [4.78, 5) is 3.99. The van der Waals surface area contributed by atoms with E-state index in [9.17, 15) is 5.11 Å². The molecule has 88 valence electrons. The van der Waals surface area contributed by atoms with Crippen LogP contribution in [0, 0.1) is 6.92 Å². The molecule has 0 aliphatic rings. The molecule has 0 amide bonds. The van der Waals surface area contributed by atoms with Gasteiger partial charge in [0.25, 0.3) is 0 Å². The van der Waals surface area contributed by atoms with Crippen molar-refractivity contribution in [1.29, 1.82) is 0 Å². The molecule has 2 aromatic rings. The fourth-order valence-electron chi connectivity index (χ4n) is 1.41. The zero-order valence-electron chi connectivity index (χ0n) is 9.68. The number of ether oxygens (including phenoxy) is 2. The van der Waals surface area contributed by atoms with Crippen molar-refractivity contribution >= 4 is 0 Å². The van der Waals surface area contributed by atoms with E-state index in [0.29, 0.717) is 22.9 Å². The number of pyridine rings is 1. The Kier molecular flexibility index (Phi) is 3.14. The average Bonchev–Trinajstić information content (AvgIpc) is 2.35. The third-order valence-electron chi connectivity index (χ3n) is 2.40. The van der Waals surface area contributed by atoms with Gasteiger partial charge in [0.05, 0.1) is 7.11 Å². The van der Waals surface area contributed by atoms with Gasteiger partial charge in [0.1, 0.15) is 17.2 Å². The second-order valence-corrected chi connectivity index (χ2v) is 3.54. The fraction of sp³-hybridized carbons (Fsp3) is 0.154. The van der Waals surface area contributed by atoms with Gasteiger partial charge < -0.3 is 14.6 Å². The number of nitrogens with zero attached hydrogens (tertiary/aromatic N) is 1. The number of hydrogen-bond acceptors (Lipinski definition) is 4. The molecule has 0 aliphatic heterocycles. The minimum atomic E-state index is 0.212. The first-order valence-electron chi connectivity index (χ1n) is 5.17. The quantitative estimate of drug-likeness (QED) is 0.882. The topological polar surface area (TPSA) is 51.6 Å². The van der Waals surface area contributed by atoms with Gasteiger partial charge in [0, 0.05) is 17.8 Å². The molecular weight excluding hydrogens is 218 g/mol. The molecular formula is C13H13NO3. The summed E-state index contributed by atoms with van der Waals surface area (Å²) in [6, 6.07) is 8.56. The standard InChI is InChI=1S/C13H13NO3/c1-9-11(15)4-3-5-12(9)17-10-6-7-14-13(8-10)16-2/h3-8,15H,1-2H3. The van der Waals surface area contributed by atoms with E-state index in [1.54, 1.807) is 50.6 Å². The Morgan fingerprint density at radius 1 is 1.24 bits per heavy atom. The second-order valence-electron chi connectivity index (χ2n) is 3.54. The Morgan fingerprint density at radius 3 is 2.82 bits per heavy atom. The highest BCUT2D eigenvalue weighted by Gasteiger charge is 2.05. The van der Waals surface area contributed by atoms with Gasteiger partial charge in [-0.25, -0.2) is 4.98 Å². The molecule has 0 fully saturated rings. The predicted octanol–water partition coefficient (Wildman–Crippen LogP) is 2.90. The number of hydrogen-bond donors (Lipinski definition) is 1. The van der Waals surface area contributed by atoms with Gasteiger partial charge in [0.15, 0.2) is 0 Å². The largest absolute Gasteiger partial charge is 0.508 e. The summed E-state index contributed by atoms with van der Waals surface area (Å²) >= 11 is 0. The van der Waals surface area contributed by atoms with E-state index < -0.39 is 0 Å². The summed E-state index contributed by atoms with van der Waals surface area (Å²) in [6.45, 7) is 1.79. The minimum Gasteiger partial charge on any atom is -0.508 e. The molecule has 0 spiro atoms. The highest BCUT2D eigenvalue weighted by molar-refractivity contribution is 5.45. The van der Waals surface area contributed by atoms with Gasteiger partial charge in [-0.15, -0.1) is 0 Å². The van der Waals surface area contributed by atoms with Crippen LogP contribution in [-0.2, 0) is 0 Å². The van der Waals surface area contributed by atoms with Crippen molar-refractivity contribution in [2.45, 2.75) is 6.92 Å². The van der Waals surface area contributed by atoms with E-state index in [2.05, 4.69) is 4.98 Å². The zero-order chi connectivity index (χ0) is 12.3. The Labute approximate surface area is 99.5 Å². The van der Waals surface area contributed by atoms with Crippen LogP contribution in [0.1, 0.15) is 5.56 Å². The third kappa shape index (κ3) is 2.47. The van der Waals surface area contributed by atoms with Crippen LogP contribution < -0.4 is 9.47 Å². The molecule has 1 heterocycles. The van der Waals surface area contributed by atoms with E-state index in [-0.39, 0.29) is 5.75 Å². The molecule has 0 saturated carbocycles. The van der Waals surface area contributed by atoms with Crippen LogP contribution in [-0.4, -0.2) is 17.2 Å². The maximum Gasteiger partial charge on any atom is 0.216 e. The van der Waals surface area contributed by atoms with E-state index in [0.717, 1.165) is 0 Å². The van der Waals surface area contributed by atoms with E-state index >= 15 is 0 Å². The van der Waals surface area contributed by atoms with Crippen LogP contribution in [0.4, 0.5) is 0 Å². The number of rotatable bonds is 3. The number of aromatic nitrogens is 1. The van der Waals surface area contributed by atoms with Gasteiger partial charge in [0.2, 0.25) is 5.88 Å². The molecule has 2 rings (SSSR count). The van der Waals surface area contributed by atoms with Gasteiger partial charge in [-0.2, -0.15) is 0 Å². The molecule has 0 atom stereocenters. The SMILES string of the molecule is COc1cc(Oc2cccc(O)c2C)ccn1. The molecule has 0 unspecified atom stereocenters. The number of aromatic hydroxyl groups is 1. The first-order chi connectivity index (χ1) is 8.20. The van der Waals surface area contributed by atoms with Crippen LogP contribution in [0.3, 0.4) is 0 Å².